The second-order valence-corrected chi connectivity index (χ2v) is 6.77. The predicted molar refractivity (Wildman–Crippen MR) is 98.6 cm³/mol. The van der Waals surface area contributed by atoms with E-state index in [9.17, 15) is 5.11 Å². The van der Waals surface area contributed by atoms with E-state index in [1.165, 1.54) is 5.56 Å². The first kappa shape index (κ1) is 17.3. The van der Waals surface area contributed by atoms with E-state index in [1.807, 2.05) is 30.3 Å². The van der Waals surface area contributed by atoms with Crippen molar-refractivity contribution >= 4 is 12.4 Å². The van der Waals surface area contributed by atoms with Crippen LogP contribution in [0, 0.1) is 11.8 Å². The molecule has 128 valence electrons. The monoisotopic (exact) mass is 345 g/mol. The fraction of sp³-hybridized carbons (Fsp3) is 0.400. The number of rotatable bonds is 3. The molecule has 2 fully saturated rings. The number of aliphatic hydroxyl groups excluding tert-OH is 1. The van der Waals surface area contributed by atoms with E-state index in [1.54, 1.807) is 0 Å². The second-order valence-electron chi connectivity index (χ2n) is 6.77. The van der Waals surface area contributed by atoms with Gasteiger partial charge in [-0.3, -0.25) is 0 Å². The molecule has 4 rings (SSSR count). The quantitative estimate of drug-likeness (QED) is 0.894. The van der Waals surface area contributed by atoms with Crippen LogP contribution in [0.4, 0.5) is 0 Å². The number of aliphatic hydroxyl groups is 1. The molecule has 2 aromatic rings. The van der Waals surface area contributed by atoms with Crippen LogP contribution < -0.4 is 10.1 Å². The minimum atomic E-state index is -0.364. The number of hydrogen-bond donors (Lipinski definition) is 2. The first-order valence-corrected chi connectivity index (χ1v) is 8.50. The average Bonchev–Trinajstić information content (AvgIpc) is 3.03. The molecule has 1 aliphatic carbocycles. The molecule has 2 N–H and O–H groups in total. The molecule has 0 amide bonds. The molecule has 0 radical (unpaired) electrons. The molecule has 1 saturated carbocycles. The fourth-order valence-corrected chi connectivity index (χ4v) is 3.94. The number of ether oxygens (including phenoxy) is 1. The summed E-state index contributed by atoms with van der Waals surface area (Å²) in [5.41, 5.74) is 2.33. The zero-order chi connectivity index (χ0) is 15.6. The maximum atomic E-state index is 10.4. The Morgan fingerprint density at radius 1 is 0.875 bits per heavy atom. The Hall–Kier alpha value is -1.55. The molecule has 4 atom stereocenters. The van der Waals surface area contributed by atoms with E-state index in [2.05, 4.69) is 29.6 Å². The number of fused-ring (bicyclic) bond motifs is 1. The summed E-state index contributed by atoms with van der Waals surface area (Å²) >= 11 is 0. The van der Waals surface area contributed by atoms with E-state index in [-0.39, 0.29) is 24.6 Å². The largest absolute Gasteiger partial charge is 0.488 e. The average molecular weight is 346 g/mol. The van der Waals surface area contributed by atoms with Gasteiger partial charge in [-0.05, 0) is 61.0 Å². The lowest BCUT2D eigenvalue weighted by Crippen LogP contribution is -2.42. The summed E-state index contributed by atoms with van der Waals surface area (Å²) in [4.78, 5) is 0. The molecule has 0 aromatic heterocycles. The number of halogens is 1. The van der Waals surface area contributed by atoms with Crippen LogP contribution in [0.15, 0.2) is 54.6 Å². The van der Waals surface area contributed by atoms with Crippen LogP contribution >= 0.6 is 12.4 Å². The van der Waals surface area contributed by atoms with Gasteiger partial charge in [0.25, 0.3) is 0 Å². The minimum absolute atomic E-state index is 0. The topological polar surface area (TPSA) is 41.5 Å². The molecule has 2 aromatic carbocycles. The third-order valence-corrected chi connectivity index (χ3v) is 5.22. The maximum absolute atomic E-state index is 10.4. The van der Waals surface area contributed by atoms with Gasteiger partial charge in [0.15, 0.2) is 0 Å². The third kappa shape index (κ3) is 3.59. The number of hydrogen-bond acceptors (Lipinski definition) is 3. The Bertz CT molecular complexity index is 664. The summed E-state index contributed by atoms with van der Waals surface area (Å²) in [5, 5.41) is 13.8. The summed E-state index contributed by atoms with van der Waals surface area (Å²) < 4.78 is 6.16. The van der Waals surface area contributed by atoms with E-state index in [0.717, 1.165) is 37.2 Å². The van der Waals surface area contributed by atoms with Crippen LogP contribution in [0.3, 0.4) is 0 Å². The van der Waals surface area contributed by atoms with Gasteiger partial charge in [-0.1, -0.05) is 42.5 Å². The molecule has 24 heavy (non-hydrogen) atoms. The highest BCUT2D eigenvalue weighted by molar-refractivity contribution is 5.85. The first-order chi connectivity index (χ1) is 11.3. The van der Waals surface area contributed by atoms with E-state index in [4.69, 9.17) is 4.74 Å². The normalized spacial score (nSPS) is 28.7. The lowest BCUT2D eigenvalue weighted by molar-refractivity contribution is -0.0231. The zero-order valence-corrected chi connectivity index (χ0v) is 14.4. The molecule has 2 aliphatic rings. The summed E-state index contributed by atoms with van der Waals surface area (Å²) in [6, 6.07) is 18.5. The lowest BCUT2D eigenvalue weighted by atomic mass is 9.78. The van der Waals surface area contributed by atoms with Gasteiger partial charge >= 0.3 is 0 Å². The fourth-order valence-electron chi connectivity index (χ4n) is 3.94. The van der Waals surface area contributed by atoms with Gasteiger partial charge in [-0.2, -0.15) is 0 Å². The Balaban J connectivity index is 0.00000169. The first-order valence-electron chi connectivity index (χ1n) is 8.50. The van der Waals surface area contributed by atoms with Gasteiger partial charge in [0.05, 0.1) is 6.10 Å². The van der Waals surface area contributed by atoms with Crippen LogP contribution in [-0.4, -0.2) is 30.4 Å². The van der Waals surface area contributed by atoms with Crippen molar-refractivity contribution in [3.63, 3.8) is 0 Å². The second kappa shape index (κ2) is 7.56. The summed E-state index contributed by atoms with van der Waals surface area (Å²) in [6.07, 6.45) is 1.33. The summed E-state index contributed by atoms with van der Waals surface area (Å²) in [5.74, 6) is 2.10. The molecule has 0 bridgehead atoms. The molecular weight excluding hydrogens is 322 g/mol. The van der Waals surface area contributed by atoms with Gasteiger partial charge in [0.2, 0.25) is 0 Å². The molecule has 3 nitrogen and oxygen atoms in total. The number of benzene rings is 2. The van der Waals surface area contributed by atoms with E-state index in [0.29, 0.717) is 11.8 Å². The highest BCUT2D eigenvalue weighted by Gasteiger charge is 2.39. The van der Waals surface area contributed by atoms with Crippen molar-refractivity contribution < 1.29 is 9.84 Å². The third-order valence-electron chi connectivity index (χ3n) is 5.22. The Morgan fingerprint density at radius 2 is 1.58 bits per heavy atom. The van der Waals surface area contributed by atoms with Gasteiger partial charge in [0.1, 0.15) is 11.9 Å². The molecule has 1 aliphatic heterocycles. The smallest absolute Gasteiger partial charge is 0.125 e. The molecule has 1 saturated heterocycles. The molecule has 4 heteroatoms. The SMILES string of the molecule is Cl.O[C@@H]1C[C@H]2CNC[C@H]2C[C@H]1Oc1cccc(-c2ccccc2)c1. The molecule has 0 spiro atoms. The van der Waals surface area contributed by atoms with Crippen LogP contribution in [0.25, 0.3) is 11.1 Å². The van der Waals surface area contributed by atoms with Crippen LogP contribution in [0.5, 0.6) is 5.75 Å². The van der Waals surface area contributed by atoms with Gasteiger partial charge in [0, 0.05) is 0 Å². The minimum Gasteiger partial charge on any atom is -0.488 e. The zero-order valence-electron chi connectivity index (χ0n) is 13.6. The van der Waals surface area contributed by atoms with Crippen molar-refractivity contribution in [3.05, 3.63) is 54.6 Å². The van der Waals surface area contributed by atoms with Crippen LogP contribution in [0.2, 0.25) is 0 Å². The number of nitrogens with one attached hydrogen (secondary N) is 1. The highest BCUT2D eigenvalue weighted by atomic mass is 35.5. The van der Waals surface area contributed by atoms with Crippen molar-refractivity contribution in [2.75, 3.05) is 13.1 Å². The Labute approximate surface area is 149 Å². The van der Waals surface area contributed by atoms with E-state index >= 15 is 0 Å². The lowest BCUT2D eigenvalue weighted by Gasteiger charge is -2.35. The van der Waals surface area contributed by atoms with Crippen molar-refractivity contribution in [2.45, 2.75) is 25.0 Å². The summed E-state index contributed by atoms with van der Waals surface area (Å²) in [6.45, 7) is 2.10. The Morgan fingerprint density at radius 3 is 2.38 bits per heavy atom. The van der Waals surface area contributed by atoms with Crippen LogP contribution in [-0.2, 0) is 0 Å². The van der Waals surface area contributed by atoms with Gasteiger partial charge in [-0.15, -0.1) is 12.4 Å². The summed E-state index contributed by atoms with van der Waals surface area (Å²) in [7, 11) is 0. The van der Waals surface area contributed by atoms with Crippen molar-refractivity contribution in [3.8, 4) is 16.9 Å². The van der Waals surface area contributed by atoms with Crippen molar-refractivity contribution in [2.24, 2.45) is 11.8 Å². The van der Waals surface area contributed by atoms with Gasteiger partial charge < -0.3 is 15.2 Å². The van der Waals surface area contributed by atoms with Crippen molar-refractivity contribution in [1.29, 1.82) is 0 Å². The van der Waals surface area contributed by atoms with Crippen molar-refractivity contribution in [1.82, 2.24) is 5.32 Å². The highest BCUT2D eigenvalue weighted by Crippen LogP contribution is 2.35. The molecular formula is C20H24ClNO2. The predicted octanol–water partition coefficient (Wildman–Crippen LogP) is 3.51. The molecule has 0 unspecified atom stereocenters. The molecule has 1 heterocycles. The van der Waals surface area contributed by atoms with Crippen LogP contribution in [0.1, 0.15) is 12.8 Å². The Kier molecular flexibility index (Phi) is 5.44. The van der Waals surface area contributed by atoms with E-state index < -0.39 is 0 Å². The maximum Gasteiger partial charge on any atom is 0.125 e. The van der Waals surface area contributed by atoms with Gasteiger partial charge in [-0.25, -0.2) is 0 Å². The standard InChI is InChI=1S/C20H23NO2.ClH/c22-19-10-16-12-21-13-17(16)11-20(19)23-18-8-4-7-15(9-18)14-5-2-1-3-6-14;/h1-9,16-17,19-22H,10-13H2;1H/t16-,17+,19+,20+;/m0./s1.